The summed E-state index contributed by atoms with van der Waals surface area (Å²) in [7, 11) is 0. The molecule has 1 rings (SSSR count). The first-order valence-corrected chi connectivity index (χ1v) is 7.47. The van der Waals surface area contributed by atoms with Crippen molar-refractivity contribution in [3.63, 3.8) is 0 Å². The number of rotatable bonds is 6. The summed E-state index contributed by atoms with van der Waals surface area (Å²) in [5, 5.41) is 0. The smallest absolute Gasteiger partial charge is 0.0233 e. The molecule has 102 valence electrons. The predicted octanol–water partition coefficient (Wildman–Crippen LogP) is 4.10. The summed E-state index contributed by atoms with van der Waals surface area (Å²) >= 11 is 4.52. The van der Waals surface area contributed by atoms with Gasteiger partial charge in [0.1, 0.15) is 0 Å². The molecule has 0 fully saturated rings. The Hall–Kier alpha value is -0.470. The van der Waals surface area contributed by atoms with E-state index in [1.54, 1.807) is 0 Å². The van der Waals surface area contributed by atoms with Crippen molar-refractivity contribution < 1.29 is 0 Å². The lowest BCUT2D eigenvalue weighted by atomic mass is 9.81. The van der Waals surface area contributed by atoms with E-state index in [0.29, 0.717) is 11.3 Å². The summed E-state index contributed by atoms with van der Waals surface area (Å²) in [6.07, 6.45) is 0. The SMILES string of the molecule is CCN(Cc1ccccc1)CC(CS)C(C)(C)C. The molecule has 1 atom stereocenters. The molecule has 0 N–H and O–H groups in total. The van der Waals surface area contributed by atoms with E-state index >= 15 is 0 Å². The molecular weight excluding hydrogens is 238 g/mol. The molecule has 2 heteroatoms. The molecule has 18 heavy (non-hydrogen) atoms. The lowest BCUT2D eigenvalue weighted by Gasteiger charge is -2.34. The molecule has 0 spiro atoms. The second-order valence-corrected chi connectivity index (χ2v) is 6.42. The Balaban J connectivity index is 2.62. The third-order valence-electron chi connectivity index (χ3n) is 3.62. The molecule has 0 radical (unpaired) electrons. The minimum Gasteiger partial charge on any atom is -0.299 e. The third-order valence-corrected chi connectivity index (χ3v) is 4.06. The first-order chi connectivity index (χ1) is 8.47. The van der Waals surface area contributed by atoms with Crippen molar-refractivity contribution >= 4 is 12.6 Å². The van der Waals surface area contributed by atoms with Crippen LogP contribution in [-0.2, 0) is 6.54 Å². The van der Waals surface area contributed by atoms with Crippen molar-refractivity contribution in [2.45, 2.75) is 34.2 Å². The van der Waals surface area contributed by atoms with E-state index in [4.69, 9.17) is 0 Å². The van der Waals surface area contributed by atoms with Gasteiger partial charge in [0, 0.05) is 13.1 Å². The fourth-order valence-electron chi connectivity index (χ4n) is 2.06. The van der Waals surface area contributed by atoms with Crippen LogP contribution in [0.3, 0.4) is 0 Å². The largest absolute Gasteiger partial charge is 0.299 e. The molecule has 0 saturated heterocycles. The van der Waals surface area contributed by atoms with Crippen molar-refractivity contribution in [2.24, 2.45) is 11.3 Å². The lowest BCUT2D eigenvalue weighted by molar-refractivity contribution is 0.165. The Labute approximate surface area is 118 Å². The van der Waals surface area contributed by atoms with Gasteiger partial charge in [0.25, 0.3) is 0 Å². The minimum atomic E-state index is 0.325. The first kappa shape index (κ1) is 15.6. The molecule has 0 bridgehead atoms. The third kappa shape index (κ3) is 5.03. The highest BCUT2D eigenvalue weighted by molar-refractivity contribution is 7.80. The average molecular weight is 265 g/mol. The molecule has 1 aromatic rings. The van der Waals surface area contributed by atoms with Crippen molar-refractivity contribution in [3.05, 3.63) is 35.9 Å². The van der Waals surface area contributed by atoms with Gasteiger partial charge in [-0.15, -0.1) is 0 Å². The van der Waals surface area contributed by atoms with Crippen molar-refractivity contribution in [1.82, 2.24) is 4.90 Å². The Kier molecular flexibility index (Phi) is 6.24. The number of thiol groups is 1. The molecule has 0 aliphatic heterocycles. The highest BCUT2D eigenvalue weighted by atomic mass is 32.1. The fraction of sp³-hybridized carbons (Fsp3) is 0.625. The normalized spacial score (nSPS) is 13.9. The van der Waals surface area contributed by atoms with Crippen LogP contribution in [0, 0.1) is 11.3 Å². The van der Waals surface area contributed by atoms with E-state index in [1.165, 1.54) is 5.56 Å². The van der Waals surface area contributed by atoms with Crippen LogP contribution in [0.4, 0.5) is 0 Å². The second kappa shape index (κ2) is 7.20. The van der Waals surface area contributed by atoms with Crippen molar-refractivity contribution in [3.8, 4) is 0 Å². The van der Waals surface area contributed by atoms with E-state index < -0.39 is 0 Å². The van der Waals surface area contributed by atoms with Crippen LogP contribution in [-0.4, -0.2) is 23.7 Å². The van der Waals surface area contributed by atoms with Crippen molar-refractivity contribution in [2.75, 3.05) is 18.8 Å². The van der Waals surface area contributed by atoms with Gasteiger partial charge in [-0.25, -0.2) is 0 Å². The van der Waals surface area contributed by atoms with Gasteiger partial charge in [0.05, 0.1) is 0 Å². The summed E-state index contributed by atoms with van der Waals surface area (Å²) in [4.78, 5) is 2.52. The summed E-state index contributed by atoms with van der Waals surface area (Å²) in [6.45, 7) is 12.4. The summed E-state index contributed by atoms with van der Waals surface area (Å²) < 4.78 is 0. The maximum atomic E-state index is 4.52. The van der Waals surface area contributed by atoms with Gasteiger partial charge in [-0.05, 0) is 29.2 Å². The Morgan fingerprint density at radius 1 is 1.17 bits per heavy atom. The molecule has 0 saturated carbocycles. The highest BCUT2D eigenvalue weighted by Crippen LogP contribution is 2.28. The number of nitrogens with zero attached hydrogens (tertiary/aromatic N) is 1. The number of hydrogen-bond donors (Lipinski definition) is 1. The molecule has 1 unspecified atom stereocenters. The molecule has 0 aliphatic rings. The second-order valence-electron chi connectivity index (χ2n) is 6.06. The highest BCUT2D eigenvalue weighted by Gasteiger charge is 2.25. The maximum Gasteiger partial charge on any atom is 0.0233 e. The zero-order valence-corrected chi connectivity index (χ0v) is 13.1. The quantitative estimate of drug-likeness (QED) is 0.758. The summed E-state index contributed by atoms with van der Waals surface area (Å²) in [5.74, 6) is 1.58. The Bertz CT molecular complexity index is 329. The predicted molar refractivity (Wildman–Crippen MR) is 84.2 cm³/mol. The topological polar surface area (TPSA) is 3.24 Å². The van der Waals surface area contributed by atoms with E-state index in [1.807, 2.05) is 0 Å². The van der Waals surface area contributed by atoms with Gasteiger partial charge < -0.3 is 0 Å². The molecule has 0 aromatic heterocycles. The van der Waals surface area contributed by atoms with E-state index in [9.17, 15) is 0 Å². The zero-order valence-electron chi connectivity index (χ0n) is 12.2. The fourth-order valence-corrected chi connectivity index (χ4v) is 2.73. The van der Waals surface area contributed by atoms with E-state index in [2.05, 4.69) is 75.6 Å². The molecule has 1 nitrogen and oxygen atoms in total. The zero-order chi connectivity index (χ0) is 13.6. The van der Waals surface area contributed by atoms with Crippen LogP contribution in [0.25, 0.3) is 0 Å². The van der Waals surface area contributed by atoms with Crippen molar-refractivity contribution in [1.29, 1.82) is 0 Å². The van der Waals surface area contributed by atoms with Crippen LogP contribution >= 0.6 is 12.6 Å². The molecule has 0 aliphatic carbocycles. The number of benzene rings is 1. The first-order valence-electron chi connectivity index (χ1n) is 6.84. The Morgan fingerprint density at radius 2 is 1.78 bits per heavy atom. The van der Waals surface area contributed by atoms with Gasteiger partial charge in [0.15, 0.2) is 0 Å². The maximum absolute atomic E-state index is 4.52. The average Bonchev–Trinajstić information content (AvgIpc) is 2.34. The van der Waals surface area contributed by atoms with Crippen LogP contribution in [0.1, 0.15) is 33.3 Å². The molecule has 0 heterocycles. The molecular formula is C16H27NS. The van der Waals surface area contributed by atoms with Crippen LogP contribution < -0.4 is 0 Å². The Morgan fingerprint density at radius 3 is 2.22 bits per heavy atom. The van der Waals surface area contributed by atoms with Crippen LogP contribution in [0.2, 0.25) is 0 Å². The standard InChI is InChI=1S/C16H27NS/c1-5-17(11-14-9-7-6-8-10-14)12-15(13-18)16(2,3)4/h6-10,15,18H,5,11-13H2,1-4H3. The van der Waals surface area contributed by atoms with Gasteiger partial charge in [-0.1, -0.05) is 58.0 Å². The van der Waals surface area contributed by atoms with Crippen LogP contribution in [0.15, 0.2) is 30.3 Å². The van der Waals surface area contributed by atoms with Crippen LogP contribution in [0.5, 0.6) is 0 Å². The van der Waals surface area contributed by atoms with Gasteiger partial charge in [0.2, 0.25) is 0 Å². The lowest BCUT2D eigenvalue weighted by Crippen LogP contribution is -2.36. The molecule has 0 amide bonds. The van der Waals surface area contributed by atoms with E-state index in [0.717, 1.165) is 25.4 Å². The minimum absolute atomic E-state index is 0.325. The van der Waals surface area contributed by atoms with Gasteiger partial charge >= 0.3 is 0 Å². The summed E-state index contributed by atoms with van der Waals surface area (Å²) in [6, 6.07) is 10.7. The van der Waals surface area contributed by atoms with Gasteiger partial charge in [-0.3, -0.25) is 4.90 Å². The van der Waals surface area contributed by atoms with E-state index in [-0.39, 0.29) is 0 Å². The number of hydrogen-bond acceptors (Lipinski definition) is 2. The molecule has 1 aromatic carbocycles. The van der Waals surface area contributed by atoms with Gasteiger partial charge in [-0.2, -0.15) is 12.6 Å². The monoisotopic (exact) mass is 265 g/mol. The summed E-state index contributed by atoms with van der Waals surface area (Å²) in [5.41, 5.74) is 1.72.